The topological polar surface area (TPSA) is 72.7 Å². The number of likely N-dealkylation sites (N-methyl/N-ethyl adjacent to an activating group) is 1. The standard InChI is InChI=1S/C15H22N2O4/c1-3-16(4-2)11-12-21-15(18)10-7-13-5-8-14(9-6-13)17(19)20/h5-6,8-9H,3-4,7,10-12H2,1-2H3. The van der Waals surface area contributed by atoms with Crippen LogP contribution in [0.5, 0.6) is 0 Å². The summed E-state index contributed by atoms with van der Waals surface area (Å²) in [6.45, 7) is 7.17. The molecule has 0 amide bonds. The summed E-state index contributed by atoms with van der Waals surface area (Å²) >= 11 is 0. The summed E-state index contributed by atoms with van der Waals surface area (Å²) in [5.41, 5.74) is 0.946. The minimum atomic E-state index is -0.439. The lowest BCUT2D eigenvalue weighted by molar-refractivity contribution is -0.384. The molecule has 0 atom stereocenters. The molecule has 0 saturated heterocycles. The largest absolute Gasteiger partial charge is 0.464 e. The lowest BCUT2D eigenvalue weighted by Crippen LogP contribution is -2.27. The van der Waals surface area contributed by atoms with Crippen molar-refractivity contribution in [3.05, 3.63) is 39.9 Å². The number of nitro groups is 1. The van der Waals surface area contributed by atoms with E-state index in [0.29, 0.717) is 13.0 Å². The van der Waals surface area contributed by atoms with Gasteiger partial charge in [0.05, 0.1) is 4.92 Å². The second kappa shape index (κ2) is 9.07. The van der Waals surface area contributed by atoms with Crippen molar-refractivity contribution in [3.63, 3.8) is 0 Å². The van der Waals surface area contributed by atoms with Gasteiger partial charge in [-0.15, -0.1) is 0 Å². The summed E-state index contributed by atoms with van der Waals surface area (Å²) in [4.78, 5) is 23.9. The van der Waals surface area contributed by atoms with Crippen LogP contribution >= 0.6 is 0 Å². The Bertz CT molecular complexity index is 455. The molecule has 0 N–H and O–H groups in total. The lowest BCUT2D eigenvalue weighted by atomic mass is 10.1. The van der Waals surface area contributed by atoms with E-state index in [4.69, 9.17) is 4.74 Å². The zero-order chi connectivity index (χ0) is 15.7. The number of benzene rings is 1. The Morgan fingerprint density at radius 3 is 2.38 bits per heavy atom. The van der Waals surface area contributed by atoms with E-state index < -0.39 is 4.92 Å². The van der Waals surface area contributed by atoms with Gasteiger partial charge >= 0.3 is 5.97 Å². The number of hydrogen-bond acceptors (Lipinski definition) is 5. The quantitative estimate of drug-likeness (QED) is 0.397. The van der Waals surface area contributed by atoms with Gasteiger partial charge in [0.1, 0.15) is 6.61 Å². The average molecular weight is 294 g/mol. The third-order valence-electron chi connectivity index (χ3n) is 3.33. The third-order valence-corrected chi connectivity index (χ3v) is 3.33. The van der Waals surface area contributed by atoms with Crippen LogP contribution in [-0.4, -0.2) is 42.0 Å². The summed E-state index contributed by atoms with van der Waals surface area (Å²) in [5, 5.41) is 10.5. The van der Waals surface area contributed by atoms with E-state index in [-0.39, 0.29) is 18.1 Å². The second-order valence-corrected chi connectivity index (χ2v) is 4.67. The molecule has 0 aliphatic carbocycles. The molecular formula is C15H22N2O4. The smallest absolute Gasteiger partial charge is 0.306 e. The van der Waals surface area contributed by atoms with Crippen LogP contribution in [0.15, 0.2) is 24.3 Å². The first-order valence-electron chi connectivity index (χ1n) is 7.18. The van der Waals surface area contributed by atoms with Gasteiger partial charge in [-0.05, 0) is 25.1 Å². The molecule has 0 unspecified atom stereocenters. The van der Waals surface area contributed by atoms with Crippen molar-refractivity contribution < 1.29 is 14.5 Å². The molecule has 0 saturated carbocycles. The van der Waals surface area contributed by atoms with Gasteiger partial charge in [0.25, 0.3) is 5.69 Å². The second-order valence-electron chi connectivity index (χ2n) is 4.67. The van der Waals surface area contributed by atoms with E-state index in [1.165, 1.54) is 12.1 Å². The number of carbonyl (C=O) groups excluding carboxylic acids is 1. The van der Waals surface area contributed by atoms with Crippen molar-refractivity contribution in [1.82, 2.24) is 4.90 Å². The van der Waals surface area contributed by atoms with Crippen molar-refractivity contribution in [1.29, 1.82) is 0 Å². The van der Waals surface area contributed by atoms with Crippen LogP contribution in [0.2, 0.25) is 0 Å². The highest BCUT2D eigenvalue weighted by atomic mass is 16.6. The molecule has 0 bridgehead atoms. The first kappa shape index (κ1) is 17.1. The highest BCUT2D eigenvalue weighted by Gasteiger charge is 2.07. The van der Waals surface area contributed by atoms with Crippen LogP contribution in [0.25, 0.3) is 0 Å². The predicted molar refractivity (Wildman–Crippen MR) is 80.2 cm³/mol. The maximum absolute atomic E-state index is 11.6. The van der Waals surface area contributed by atoms with E-state index in [0.717, 1.165) is 25.2 Å². The summed E-state index contributed by atoms with van der Waals surface area (Å²) in [7, 11) is 0. The van der Waals surface area contributed by atoms with Crippen LogP contribution in [-0.2, 0) is 16.0 Å². The number of hydrogen-bond donors (Lipinski definition) is 0. The maximum atomic E-state index is 11.6. The van der Waals surface area contributed by atoms with Crippen molar-refractivity contribution in [2.24, 2.45) is 0 Å². The van der Waals surface area contributed by atoms with Gasteiger partial charge in [-0.1, -0.05) is 26.0 Å². The number of esters is 1. The van der Waals surface area contributed by atoms with Crippen molar-refractivity contribution in [3.8, 4) is 0 Å². The first-order valence-corrected chi connectivity index (χ1v) is 7.18. The molecule has 6 nitrogen and oxygen atoms in total. The fraction of sp³-hybridized carbons (Fsp3) is 0.533. The Labute approximate surface area is 124 Å². The molecule has 0 aliphatic rings. The molecule has 0 fully saturated rings. The van der Waals surface area contributed by atoms with Crippen LogP contribution in [0.3, 0.4) is 0 Å². The van der Waals surface area contributed by atoms with E-state index in [9.17, 15) is 14.9 Å². The van der Waals surface area contributed by atoms with Crippen LogP contribution in [0, 0.1) is 10.1 Å². The van der Waals surface area contributed by atoms with Gasteiger partial charge in [0, 0.05) is 25.1 Å². The molecule has 0 aromatic heterocycles. The van der Waals surface area contributed by atoms with Crippen LogP contribution < -0.4 is 0 Å². The minimum Gasteiger partial charge on any atom is -0.464 e. The number of non-ortho nitro benzene ring substituents is 1. The fourth-order valence-electron chi connectivity index (χ4n) is 1.93. The van der Waals surface area contributed by atoms with E-state index in [1.807, 2.05) is 0 Å². The Morgan fingerprint density at radius 2 is 1.86 bits per heavy atom. The number of aryl methyl sites for hydroxylation is 1. The average Bonchev–Trinajstić information content (AvgIpc) is 2.50. The molecule has 116 valence electrons. The minimum absolute atomic E-state index is 0.0561. The van der Waals surface area contributed by atoms with Gasteiger partial charge in [0.2, 0.25) is 0 Å². The number of nitrogens with zero attached hydrogens (tertiary/aromatic N) is 2. The van der Waals surface area contributed by atoms with Gasteiger partial charge in [0.15, 0.2) is 0 Å². The molecule has 1 aromatic carbocycles. The Kier molecular flexibility index (Phi) is 7.39. The molecule has 1 aromatic rings. The van der Waals surface area contributed by atoms with Crippen molar-refractivity contribution >= 4 is 11.7 Å². The molecule has 6 heteroatoms. The van der Waals surface area contributed by atoms with Crippen LogP contribution in [0.1, 0.15) is 25.8 Å². The van der Waals surface area contributed by atoms with Crippen molar-refractivity contribution in [2.45, 2.75) is 26.7 Å². The molecular weight excluding hydrogens is 272 g/mol. The van der Waals surface area contributed by atoms with Gasteiger partial charge < -0.3 is 9.64 Å². The SMILES string of the molecule is CCN(CC)CCOC(=O)CCc1ccc([N+](=O)[O-])cc1. The zero-order valence-electron chi connectivity index (χ0n) is 12.6. The first-order chi connectivity index (χ1) is 10.1. The summed E-state index contributed by atoms with van der Waals surface area (Å²) < 4.78 is 5.17. The van der Waals surface area contributed by atoms with E-state index in [2.05, 4.69) is 18.7 Å². The maximum Gasteiger partial charge on any atom is 0.306 e. The number of rotatable bonds is 9. The fourth-order valence-corrected chi connectivity index (χ4v) is 1.93. The normalized spacial score (nSPS) is 10.6. The highest BCUT2D eigenvalue weighted by Crippen LogP contribution is 2.13. The molecule has 0 radical (unpaired) electrons. The Balaban J connectivity index is 2.28. The molecule has 21 heavy (non-hydrogen) atoms. The summed E-state index contributed by atoms with van der Waals surface area (Å²) in [5.74, 6) is -0.236. The predicted octanol–water partition coefficient (Wildman–Crippen LogP) is 2.41. The Hall–Kier alpha value is -1.95. The lowest BCUT2D eigenvalue weighted by Gasteiger charge is -2.17. The van der Waals surface area contributed by atoms with Gasteiger partial charge in [-0.3, -0.25) is 14.9 Å². The Morgan fingerprint density at radius 1 is 1.24 bits per heavy atom. The molecule has 0 heterocycles. The zero-order valence-corrected chi connectivity index (χ0v) is 12.6. The monoisotopic (exact) mass is 294 g/mol. The number of ether oxygens (including phenoxy) is 1. The number of nitro benzene ring substituents is 1. The van der Waals surface area contributed by atoms with Gasteiger partial charge in [-0.2, -0.15) is 0 Å². The third kappa shape index (κ3) is 6.35. The van der Waals surface area contributed by atoms with E-state index in [1.54, 1.807) is 12.1 Å². The molecule has 0 aliphatic heterocycles. The molecule has 1 rings (SSSR count). The van der Waals surface area contributed by atoms with Gasteiger partial charge in [-0.25, -0.2) is 0 Å². The highest BCUT2D eigenvalue weighted by molar-refractivity contribution is 5.69. The number of carbonyl (C=O) groups is 1. The van der Waals surface area contributed by atoms with Crippen molar-refractivity contribution in [2.75, 3.05) is 26.2 Å². The summed E-state index contributed by atoms with van der Waals surface area (Å²) in [6, 6.07) is 6.23. The molecule has 0 spiro atoms. The summed E-state index contributed by atoms with van der Waals surface area (Å²) in [6.07, 6.45) is 0.818. The van der Waals surface area contributed by atoms with E-state index >= 15 is 0 Å². The van der Waals surface area contributed by atoms with Crippen LogP contribution in [0.4, 0.5) is 5.69 Å².